The molecule has 6 nitrogen and oxygen atoms in total. The summed E-state index contributed by atoms with van der Waals surface area (Å²) in [5.41, 5.74) is 6.77. The number of piperazine rings is 1. The minimum atomic E-state index is 0.169. The van der Waals surface area contributed by atoms with Gasteiger partial charge in [-0.05, 0) is 42.7 Å². The van der Waals surface area contributed by atoms with Gasteiger partial charge in [-0.25, -0.2) is 9.50 Å². The molecule has 2 aromatic heterocycles. The Balaban J connectivity index is 1.21. The first-order chi connectivity index (χ1) is 16.6. The van der Waals surface area contributed by atoms with Crippen molar-refractivity contribution in [2.24, 2.45) is 0 Å². The summed E-state index contributed by atoms with van der Waals surface area (Å²) < 4.78 is 1.85. The second-order valence-electron chi connectivity index (χ2n) is 8.82. The van der Waals surface area contributed by atoms with Crippen LogP contribution in [0.25, 0.3) is 16.8 Å². The highest BCUT2D eigenvalue weighted by Gasteiger charge is 2.22. The summed E-state index contributed by atoms with van der Waals surface area (Å²) in [7, 11) is 0. The second kappa shape index (κ2) is 9.99. The van der Waals surface area contributed by atoms with E-state index in [4.69, 9.17) is 5.10 Å². The highest BCUT2D eigenvalue weighted by molar-refractivity contribution is 8.00. The molecule has 4 aromatic rings. The SMILES string of the molecule is Cc1ccc(-c2cc3c(SCC(=O)N4CCN(Cc5ccccc5)CC4)nccn3n2)cc1C. The van der Waals surface area contributed by atoms with Crippen LogP contribution < -0.4 is 0 Å². The summed E-state index contributed by atoms with van der Waals surface area (Å²) >= 11 is 1.49. The predicted molar refractivity (Wildman–Crippen MR) is 137 cm³/mol. The van der Waals surface area contributed by atoms with Gasteiger partial charge in [-0.2, -0.15) is 5.10 Å². The first-order valence-electron chi connectivity index (χ1n) is 11.7. The number of carbonyl (C=O) groups is 1. The zero-order valence-electron chi connectivity index (χ0n) is 19.6. The Bertz CT molecular complexity index is 1300. The Hall–Kier alpha value is -3.16. The normalized spacial score (nSPS) is 14.6. The molecule has 1 saturated heterocycles. The maximum atomic E-state index is 12.9. The highest BCUT2D eigenvalue weighted by Crippen LogP contribution is 2.27. The number of aromatic nitrogens is 3. The van der Waals surface area contributed by atoms with Crippen LogP contribution in [-0.4, -0.2) is 62.2 Å². The number of amides is 1. The van der Waals surface area contributed by atoms with Gasteiger partial charge >= 0.3 is 0 Å². The standard InChI is InChI=1S/C27H29N5OS/c1-20-8-9-23(16-21(20)2)24-17-25-27(28-10-11-32(25)29-24)34-19-26(33)31-14-12-30(13-15-31)18-22-6-4-3-5-7-22/h3-11,16-17H,12-15,18-19H2,1-2H3. The van der Waals surface area contributed by atoms with Crippen molar-refractivity contribution < 1.29 is 4.79 Å². The number of aryl methyl sites for hydroxylation is 2. The zero-order chi connectivity index (χ0) is 23.5. The van der Waals surface area contributed by atoms with Gasteiger partial charge in [0.05, 0.1) is 17.0 Å². The number of hydrogen-bond donors (Lipinski definition) is 0. The molecule has 1 aliphatic heterocycles. The van der Waals surface area contributed by atoms with Gasteiger partial charge in [-0.1, -0.05) is 54.2 Å². The topological polar surface area (TPSA) is 53.7 Å². The van der Waals surface area contributed by atoms with Crippen LogP contribution in [0.1, 0.15) is 16.7 Å². The molecule has 1 amide bonds. The summed E-state index contributed by atoms with van der Waals surface area (Å²) in [5.74, 6) is 0.553. The van der Waals surface area contributed by atoms with Gasteiger partial charge in [-0.15, -0.1) is 0 Å². The lowest BCUT2D eigenvalue weighted by atomic mass is 10.0. The van der Waals surface area contributed by atoms with Gasteiger partial charge < -0.3 is 4.90 Å². The van der Waals surface area contributed by atoms with Crippen molar-refractivity contribution >= 4 is 23.2 Å². The minimum Gasteiger partial charge on any atom is -0.339 e. The number of carbonyl (C=O) groups excluding carboxylic acids is 1. The predicted octanol–water partition coefficient (Wildman–Crippen LogP) is 4.45. The smallest absolute Gasteiger partial charge is 0.233 e. The van der Waals surface area contributed by atoms with E-state index in [0.717, 1.165) is 54.5 Å². The van der Waals surface area contributed by atoms with Crippen LogP contribution >= 0.6 is 11.8 Å². The van der Waals surface area contributed by atoms with Gasteiger partial charge in [0.25, 0.3) is 0 Å². The molecule has 7 heteroatoms. The van der Waals surface area contributed by atoms with Crippen LogP contribution in [0.3, 0.4) is 0 Å². The number of nitrogens with zero attached hydrogens (tertiary/aromatic N) is 5. The number of thioether (sulfide) groups is 1. The largest absolute Gasteiger partial charge is 0.339 e. The number of benzene rings is 2. The molecule has 5 rings (SSSR count). The van der Waals surface area contributed by atoms with E-state index in [1.54, 1.807) is 6.20 Å². The van der Waals surface area contributed by atoms with E-state index >= 15 is 0 Å². The summed E-state index contributed by atoms with van der Waals surface area (Å²) in [6.45, 7) is 8.52. The summed E-state index contributed by atoms with van der Waals surface area (Å²) in [4.78, 5) is 21.8. The molecule has 0 unspecified atom stereocenters. The lowest BCUT2D eigenvalue weighted by molar-refractivity contribution is -0.130. The average molecular weight is 472 g/mol. The Morgan fingerprint density at radius 2 is 1.76 bits per heavy atom. The highest BCUT2D eigenvalue weighted by atomic mass is 32.2. The van der Waals surface area contributed by atoms with Crippen LogP contribution in [-0.2, 0) is 11.3 Å². The third-order valence-corrected chi connectivity index (χ3v) is 7.44. The van der Waals surface area contributed by atoms with Crippen molar-refractivity contribution in [1.82, 2.24) is 24.4 Å². The number of rotatable bonds is 6. The second-order valence-corrected chi connectivity index (χ2v) is 9.79. The molecule has 34 heavy (non-hydrogen) atoms. The maximum Gasteiger partial charge on any atom is 0.233 e. The lowest BCUT2D eigenvalue weighted by Gasteiger charge is -2.34. The molecule has 174 valence electrons. The fourth-order valence-electron chi connectivity index (χ4n) is 4.27. The van der Waals surface area contributed by atoms with Gasteiger partial charge in [0.1, 0.15) is 5.03 Å². The first-order valence-corrected chi connectivity index (χ1v) is 12.6. The summed E-state index contributed by atoms with van der Waals surface area (Å²) in [6, 6.07) is 19.0. The van der Waals surface area contributed by atoms with Crippen LogP contribution in [0.15, 0.2) is 72.0 Å². The molecular formula is C27H29N5OS. The Labute approximate surface area is 204 Å². The van der Waals surface area contributed by atoms with E-state index < -0.39 is 0 Å². The van der Waals surface area contributed by atoms with Crippen molar-refractivity contribution in [2.75, 3.05) is 31.9 Å². The number of hydrogen-bond acceptors (Lipinski definition) is 5. The summed E-state index contributed by atoms with van der Waals surface area (Å²) in [6.07, 6.45) is 3.61. The molecule has 0 saturated carbocycles. The molecule has 0 aliphatic carbocycles. The van der Waals surface area contributed by atoms with Crippen LogP contribution in [0, 0.1) is 13.8 Å². The van der Waals surface area contributed by atoms with E-state index in [0.29, 0.717) is 5.75 Å². The van der Waals surface area contributed by atoms with Crippen LogP contribution in [0.5, 0.6) is 0 Å². The van der Waals surface area contributed by atoms with Gasteiger partial charge in [0.15, 0.2) is 0 Å². The van der Waals surface area contributed by atoms with Crippen LogP contribution in [0.4, 0.5) is 0 Å². The van der Waals surface area contributed by atoms with Crippen molar-refractivity contribution in [2.45, 2.75) is 25.4 Å². The van der Waals surface area contributed by atoms with Crippen molar-refractivity contribution in [3.8, 4) is 11.3 Å². The van der Waals surface area contributed by atoms with Gasteiger partial charge in [0.2, 0.25) is 5.91 Å². The fraction of sp³-hybridized carbons (Fsp3) is 0.296. The van der Waals surface area contributed by atoms with E-state index in [1.165, 1.54) is 28.5 Å². The van der Waals surface area contributed by atoms with Crippen molar-refractivity contribution in [3.05, 3.63) is 83.7 Å². The fourth-order valence-corrected chi connectivity index (χ4v) is 5.15. The Morgan fingerprint density at radius 3 is 2.53 bits per heavy atom. The van der Waals surface area contributed by atoms with Crippen molar-refractivity contribution in [1.29, 1.82) is 0 Å². The van der Waals surface area contributed by atoms with Gasteiger partial charge in [-0.3, -0.25) is 9.69 Å². The van der Waals surface area contributed by atoms with E-state index in [2.05, 4.69) is 72.3 Å². The third-order valence-electron chi connectivity index (χ3n) is 6.46. The molecule has 1 aliphatic rings. The quantitative estimate of drug-likeness (QED) is 0.389. The van der Waals surface area contributed by atoms with Crippen molar-refractivity contribution in [3.63, 3.8) is 0 Å². The van der Waals surface area contributed by atoms with Gasteiger partial charge in [0, 0.05) is 50.7 Å². The average Bonchev–Trinajstić information content (AvgIpc) is 3.30. The molecule has 3 heterocycles. The number of fused-ring (bicyclic) bond motifs is 1. The lowest BCUT2D eigenvalue weighted by Crippen LogP contribution is -2.48. The molecule has 0 atom stereocenters. The molecule has 0 bridgehead atoms. The Kier molecular flexibility index (Phi) is 6.65. The monoisotopic (exact) mass is 471 g/mol. The maximum absolute atomic E-state index is 12.9. The first kappa shape index (κ1) is 22.6. The minimum absolute atomic E-state index is 0.169. The molecule has 2 aromatic carbocycles. The molecule has 0 radical (unpaired) electrons. The molecule has 1 fully saturated rings. The molecule has 0 spiro atoms. The van der Waals surface area contributed by atoms with Crippen LogP contribution in [0.2, 0.25) is 0 Å². The molecular weight excluding hydrogens is 442 g/mol. The van der Waals surface area contributed by atoms with E-state index in [-0.39, 0.29) is 5.91 Å². The van der Waals surface area contributed by atoms with E-state index in [9.17, 15) is 4.79 Å². The third kappa shape index (κ3) is 5.00. The summed E-state index contributed by atoms with van der Waals surface area (Å²) in [5, 5.41) is 5.57. The Morgan fingerprint density at radius 1 is 0.971 bits per heavy atom. The molecule has 0 N–H and O–H groups in total. The zero-order valence-corrected chi connectivity index (χ0v) is 20.5. The van der Waals surface area contributed by atoms with E-state index in [1.807, 2.05) is 21.7 Å².